The zero-order valence-electron chi connectivity index (χ0n) is 14.8. The molecule has 0 aliphatic heterocycles. The summed E-state index contributed by atoms with van der Waals surface area (Å²) in [6.07, 6.45) is 5.76. The van der Waals surface area contributed by atoms with Crippen molar-refractivity contribution in [1.29, 1.82) is 0 Å². The minimum atomic E-state index is -0.109. The van der Waals surface area contributed by atoms with Crippen molar-refractivity contribution in [3.63, 3.8) is 0 Å². The maximum atomic E-state index is 11.3. The van der Waals surface area contributed by atoms with Gasteiger partial charge in [0.1, 0.15) is 11.6 Å². The first-order valence-electron chi connectivity index (χ1n) is 8.65. The smallest absolute Gasteiger partial charge is 0.221 e. The molecular formula is C22H18N4O. The molecule has 1 N–H and O–H groups in total. The van der Waals surface area contributed by atoms with Crippen LogP contribution in [0.5, 0.6) is 0 Å². The number of fused-ring (bicyclic) bond motifs is 1. The van der Waals surface area contributed by atoms with E-state index in [1.165, 1.54) is 6.92 Å². The van der Waals surface area contributed by atoms with Gasteiger partial charge >= 0.3 is 0 Å². The van der Waals surface area contributed by atoms with Crippen molar-refractivity contribution in [3.05, 3.63) is 84.3 Å². The van der Waals surface area contributed by atoms with E-state index in [1.807, 2.05) is 83.4 Å². The number of anilines is 1. The largest absolute Gasteiger partial charge is 0.326 e. The zero-order chi connectivity index (χ0) is 18.6. The number of rotatable bonds is 4. The summed E-state index contributed by atoms with van der Waals surface area (Å²) in [5.74, 6) is 1.45. The Morgan fingerprint density at radius 1 is 1.00 bits per heavy atom. The number of hydrogen-bond donors (Lipinski definition) is 1. The second kappa shape index (κ2) is 7.25. The summed E-state index contributed by atoms with van der Waals surface area (Å²) in [6, 6.07) is 21.5. The summed E-state index contributed by atoms with van der Waals surface area (Å²) in [5, 5.41) is 2.80. The number of aromatic nitrogens is 3. The third-order valence-corrected chi connectivity index (χ3v) is 4.10. The molecule has 2 aromatic carbocycles. The van der Waals surface area contributed by atoms with Crippen LogP contribution in [-0.4, -0.2) is 20.4 Å². The normalized spacial score (nSPS) is 11.1. The Morgan fingerprint density at radius 3 is 2.56 bits per heavy atom. The van der Waals surface area contributed by atoms with Gasteiger partial charge < -0.3 is 5.32 Å². The van der Waals surface area contributed by atoms with Gasteiger partial charge in [-0.1, -0.05) is 42.5 Å². The van der Waals surface area contributed by atoms with Gasteiger partial charge in [0.2, 0.25) is 5.91 Å². The van der Waals surface area contributed by atoms with E-state index in [9.17, 15) is 4.79 Å². The van der Waals surface area contributed by atoms with E-state index in [0.717, 1.165) is 33.9 Å². The fourth-order valence-electron chi connectivity index (χ4n) is 2.95. The molecule has 0 bridgehead atoms. The van der Waals surface area contributed by atoms with Gasteiger partial charge in [-0.2, -0.15) is 0 Å². The topological polar surface area (TPSA) is 59.8 Å². The Morgan fingerprint density at radius 2 is 1.81 bits per heavy atom. The van der Waals surface area contributed by atoms with Gasteiger partial charge in [-0.15, -0.1) is 0 Å². The van der Waals surface area contributed by atoms with Crippen molar-refractivity contribution in [2.45, 2.75) is 6.92 Å². The van der Waals surface area contributed by atoms with E-state index in [0.29, 0.717) is 0 Å². The molecule has 0 aliphatic rings. The van der Waals surface area contributed by atoms with Crippen molar-refractivity contribution >= 4 is 34.8 Å². The molecule has 132 valence electrons. The Labute approximate surface area is 157 Å². The molecule has 27 heavy (non-hydrogen) atoms. The van der Waals surface area contributed by atoms with Gasteiger partial charge in [-0.25, -0.2) is 9.97 Å². The summed E-state index contributed by atoms with van der Waals surface area (Å²) in [4.78, 5) is 20.6. The van der Waals surface area contributed by atoms with Crippen LogP contribution in [0.15, 0.2) is 72.9 Å². The highest BCUT2D eigenvalue weighted by atomic mass is 16.1. The summed E-state index contributed by atoms with van der Waals surface area (Å²) in [6.45, 7) is 1.49. The first kappa shape index (κ1) is 16.7. The van der Waals surface area contributed by atoms with Crippen molar-refractivity contribution in [2.24, 2.45) is 0 Å². The van der Waals surface area contributed by atoms with E-state index in [1.54, 1.807) is 6.20 Å². The fraction of sp³-hybridized carbons (Fsp3) is 0.0455. The van der Waals surface area contributed by atoms with Gasteiger partial charge in [-0.05, 0) is 42.0 Å². The average molecular weight is 354 g/mol. The predicted molar refractivity (Wildman–Crippen MR) is 109 cm³/mol. The quantitative estimate of drug-likeness (QED) is 0.585. The van der Waals surface area contributed by atoms with E-state index in [2.05, 4.69) is 10.3 Å². The molecule has 5 heteroatoms. The van der Waals surface area contributed by atoms with Crippen LogP contribution >= 0.6 is 0 Å². The van der Waals surface area contributed by atoms with E-state index >= 15 is 0 Å². The number of imidazole rings is 1. The molecule has 4 rings (SSSR count). The standard InChI is InChI=1S/C22H18N4O/c1-16(27)24-18-11-12-20-19(15-18)25-22(13-10-17-7-3-2-4-8-17)26(20)21-9-5-6-14-23-21/h2-15H,1H3,(H,24,27). The lowest BCUT2D eigenvalue weighted by Crippen LogP contribution is -2.05. The van der Waals surface area contributed by atoms with Gasteiger partial charge in [0.15, 0.2) is 0 Å². The molecule has 0 atom stereocenters. The van der Waals surface area contributed by atoms with Crippen LogP contribution in [0.2, 0.25) is 0 Å². The lowest BCUT2D eigenvalue weighted by molar-refractivity contribution is -0.114. The third-order valence-electron chi connectivity index (χ3n) is 4.10. The van der Waals surface area contributed by atoms with Crippen molar-refractivity contribution in [3.8, 4) is 5.82 Å². The molecule has 0 fully saturated rings. The molecule has 1 amide bonds. The van der Waals surface area contributed by atoms with E-state index in [-0.39, 0.29) is 5.91 Å². The van der Waals surface area contributed by atoms with Gasteiger partial charge in [-0.3, -0.25) is 9.36 Å². The Hall–Kier alpha value is -3.73. The lowest BCUT2D eigenvalue weighted by atomic mass is 10.2. The summed E-state index contributed by atoms with van der Waals surface area (Å²) < 4.78 is 2.01. The van der Waals surface area contributed by atoms with Crippen molar-refractivity contribution < 1.29 is 4.79 Å². The summed E-state index contributed by atoms with van der Waals surface area (Å²) in [5.41, 5.74) is 3.53. The monoisotopic (exact) mass is 354 g/mol. The molecule has 0 spiro atoms. The number of nitrogens with zero attached hydrogens (tertiary/aromatic N) is 3. The first-order valence-corrected chi connectivity index (χ1v) is 8.65. The lowest BCUT2D eigenvalue weighted by Gasteiger charge is -2.06. The second-order valence-corrected chi connectivity index (χ2v) is 6.12. The Kier molecular flexibility index (Phi) is 4.49. The number of benzene rings is 2. The molecule has 0 saturated carbocycles. The zero-order valence-corrected chi connectivity index (χ0v) is 14.8. The summed E-state index contributed by atoms with van der Waals surface area (Å²) >= 11 is 0. The summed E-state index contributed by atoms with van der Waals surface area (Å²) in [7, 11) is 0. The van der Waals surface area contributed by atoms with Crippen LogP contribution in [0.25, 0.3) is 29.0 Å². The Bertz CT molecular complexity index is 1120. The molecule has 5 nitrogen and oxygen atoms in total. The van der Waals surface area contributed by atoms with Crippen LogP contribution in [0.4, 0.5) is 5.69 Å². The molecule has 0 saturated heterocycles. The van der Waals surface area contributed by atoms with Crippen molar-refractivity contribution in [1.82, 2.24) is 14.5 Å². The maximum Gasteiger partial charge on any atom is 0.221 e. The number of carbonyl (C=O) groups excluding carboxylic acids is 1. The maximum absolute atomic E-state index is 11.3. The molecule has 2 heterocycles. The van der Waals surface area contributed by atoms with Crippen LogP contribution in [0.3, 0.4) is 0 Å². The van der Waals surface area contributed by atoms with Gasteiger partial charge in [0.25, 0.3) is 0 Å². The van der Waals surface area contributed by atoms with E-state index < -0.39 is 0 Å². The number of carbonyl (C=O) groups is 1. The average Bonchev–Trinajstić information content (AvgIpc) is 3.05. The SMILES string of the molecule is CC(=O)Nc1ccc2c(c1)nc(C=Cc1ccccc1)n2-c1ccccn1. The first-order chi connectivity index (χ1) is 13.2. The van der Waals surface area contributed by atoms with Crippen LogP contribution < -0.4 is 5.32 Å². The second-order valence-electron chi connectivity index (χ2n) is 6.12. The highest BCUT2D eigenvalue weighted by molar-refractivity contribution is 5.92. The Balaban J connectivity index is 1.85. The highest BCUT2D eigenvalue weighted by Gasteiger charge is 2.12. The molecule has 0 unspecified atom stereocenters. The van der Waals surface area contributed by atoms with Crippen molar-refractivity contribution in [2.75, 3.05) is 5.32 Å². The number of pyridine rings is 1. The molecule has 4 aromatic rings. The van der Waals surface area contributed by atoms with Gasteiger partial charge in [0.05, 0.1) is 11.0 Å². The van der Waals surface area contributed by atoms with Crippen LogP contribution in [0, 0.1) is 0 Å². The number of hydrogen-bond acceptors (Lipinski definition) is 3. The number of nitrogens with one attached hydrogen (secondary N) is 1. The minimum absolute atomic E-state index is 0.109. The molecule has 0 aliphatic carbocycles. The third kappa shape index (κ3) is 3.62. The number of amides is 1. The predicted octanol–water partition coefficient (Wildman–Crippen LogP) is 4.55. The van der Waals surface area contributed by atoms with Crippen LogP contribution in [0.1, 0.15) is 18.3 Å². The van der Waals surface area contributed by atoms with Crippen LogP contribution in [-0.2, 0) is 4.79 Å². The molecular weight excluding hydrogens is 336 g/mol. The molecule has 0 radical (unpaired) electrons. The fourth-order valence-corrected chi connectivity index (χ4v) is 2.95. The molecule has 2 aromatic heterocycles. The minimum Gasteiger partial charge on any atom is -0.326 e. The van der Waals surface area contributed by atoms with E-state index in [4.69, 9.17) is 4.98 Å². The van der Waals surface area contributed by atoms with Gasteiger partial charge in [0, 0.05) is 18.8 Å². The highest BCUT2D eigenvalue weighted by Crippen LogP contribution is 2.24.